The van der Waals surface area contributed by atoms with Gasteiger partial charge in [0.1, 0.15) is 5.82 Å². The van der Waals surface area contributed by atoms with Gasteiger partial charge in [-0.1, -0.05) is 18.2 Å². The van der Waals surface area contributed by atoms with Gasteiger partial charge in [0.05, 0.1) is 5.56 Å². The lowest BCUT2D eigenvalue weighted by molar-refractivity contribution is -0.137. The van der Waals surface area contributed by atoms with Gasteiger partial charge in [0, 0.05) is 24.7 Å². The van der Waals surface area contributed by atoms with Crippen LogP contribution in [-0.4, -0.2) is 11.0 Å². The molecule has 0 amide bonds. The molecule has 0 saturated heterocycles. The molecular formula is C16H17ClF3N3. The largest absolute Gasteiger partial charge is 0.416 e. The molecule has 3 nitrogen and oxygen atoms in total. The van der Waals surface area contributed by atoms with Crippen LogP contribution in [-0.2, 0) is 12.7 Å². The smallest absolute Gasteiger partial charge is 0.366 e. The van der Waals surface area contributed by atoms with Crippen molar-refractivity contribution in [3.05, 3.63) is 59.3 Å². The van der Waals surface area contributed by atoms with Gasteiger partial charge in [-0.3, -0.25) is 0 Å². The van der Waals surface area contributed by atoms with E-state index < -0.39 is 11.7 Å². The van der Waals surface area contributed by atoms with Crippen molar-refractivity contribution in [1.29, 1.82) is 0 Å². The van der Waals surface area contributed by atoms with Crippen LogP contribution >= 0.6 is 12.4 Å². The third-order valence-electron chi connectivity index (χ3n) is 3.81. The standard InChI is InChI=1S/C16H16F3N3.ClH/c17-16(18,19)12-4-1-10(2-5-12)8-21-15-6-3-11(9-22-15)13-7-14(13)20;/h1-6,9,13-14H,7-8,20H2,(H,21,22);1H. The average molecular weight is 344 g/mol. The molecule has 1 aromatic heterocycles. The highest BCUT2D eigenvalue weighted by Crippen LogP contribution is 2.38. The Labute approximate surface area is 138 Å². The Balaban J connectivity index is 0.00000192. The van der Waals surface area contributed by atoms with E-state index in [1.165, 1.54) is 12.1 Å². The Kier molecular flexibility index (Phi) is 5.16. The lowest BCUT2D eigenvalue weighted by Crippen LogP contribution is -2.06. The quantitative estimate of drug-likeness (QED) is 0.883. The maximum absolute atomic E-state index is 12.5. The number of nitrogens with two attached hydrogens (primary N) is 1. The summed E-state index contributed by atoms with van der Waals surface area (Å²) < 4.78 is 37.4. The Morgan fingerprint density at radius 1 is 1.13 bits per heavy atom. The number of hydrogen-bond acceptors (Lipinski definition) is 3. The lowest BCUT2D eigenvalue weighted by atomic mass is 10.1. The molecule has 1 aromatic carbocycles. The highest BCUT2D eigenvalue weighted by molar-refractivity contribution is 5.85. The molecule has 1 aliphatic carbocycles. The van der Waals surface area contributed by atoms with Crippen LogP contribution in [0.15, 0.2) is 42.6 Å². The normalized spacial score (nSPS) is 19.8. The molecule has 7 heteroatoms. The molecule has 0 aliphatic heterocycles. The maximum Gasteiger partial charge on any atom is 0.416 e. The predicted octanol–water partition coefficient (Wildman–Crippen LogP) is 3.95. The molecule has 2 aromatic rings. The van der Waals surface area contributed by atoms with E-state index in [0.717, 1.165) is 29.7 Å². The minimum atomic E-state index is -4.30. The molecule has 3 rings (SSSR count). The number of benzene rings is 1. The number of anilines is 1. The molecule has 124 valence electrons. The zero-order chi connectivity index (χ0) is 15.7. The van der Waals surface area contributed by atoms with Gasteiger partial charge >= 0.3 is 6.18 Å². The second kappa shape index (κ2) is 6.76. The summed E-state index contributed by atoms with van der Waals surface area (Å²) in [6, 6.07) is 9.20. The summed E-state index contributed by atoms with van der Waals surface area (Å²) in [5.74, 6) is 1.11. The van der Waals surface area contributed by atoms with Gasteiger partial charge in [0.25, 0.3) is 0 Å². The highest BCUT2D eigenvalue weighted by atomic mass is 35.5. The monoisotopic (exact) mass is 343 g/mol. The first-order chi connectivity index (χ1) is 10.4. The number of pyridine rings is 1. The topological polar surface area (TPSA) is 50.9 Å². The molecule has 0 bridgehead atoms. The van der Waals surface area contributed by atoms with E-state index in [1.807, 2.05) is 12.1 Å². The summed E-state index contributed by atoms with van der Waals surface area (Å²) in [5.41, 5.74) is 7.05. The fourth-order valence-electron chi connectivity index (χ4n) is 2.33. The maximum atomic E-state index is 12.5. The third-order valence-corrected chi connectivity index (χ3v) is 3.81. The molecule has 23 heavy (non-hydrogen) atoms. The van der Waals surface area contributed by atoms with Crippen molar-refractivity contribution in [1.82, 2.24) is 4.98 Å². The Morgan fingerprint density at radius 3 is 2.26 bits per heavy atom. The first-order valence-corrected chi connectivity index (χ1v) is 7.05. The van der Waals surface area contributed by atoms with Gasteiger partial charge in [-0.25, -0.2) is 4.98 Å². The minimum absolute atomic E-state index is 0. The minimum Gasteiger partial charge on any atom is -0.366 e. The summed E-state index contributed by atoms with van der Waals surface area (Å²) in [5, 5.41) is 3.09. The fourth-order valence-corrected chi connectivity index (χ4v) is 2.33. The molecule has 2 unspecified atom stereocenters. The van der Waals surface area contributed by atoms with E-state index >= 15 is 0 Å². The molecule has 0 radical (unpaired) electrons. The molecule has 1 aliphatic rings. The predicted molar refractivity (Wildman–Crippen MR) is 85.6 cm³/mol. The number of nitrogens with zero attached hydrogens (tertiary/aromatic N) is 1. The highest BCUT2D eigenvalue weighted by Gasteiger charge is 2.34. The van der Waals surface area contributed by atoms with Crippen LogP contribution in [0.1, 0.15) is 29.0 Å². The number of alkyl halides is 3. The van der Waals surface area contributed by atoms with Crippen molar-refractivity contribution in [3.63, 3.8) is 0 Å². The molecule has 1 heterocycles. The molecule has 2 atom stereocenters. The van der Waals surface area contributed by atoms with Crippen LogP contribution in [0.2, 0.25) is 0 Å². The SMILES string of the molecule is Cl.NC1CC1c1ccc(NCc2ccc(C(F)(F)F)cc2)nc1. The van der Waals surface area contributed by atoms with Gasteiger partial charge in [-0.15, -0.1) is 12.4 Å². The van der Waals surface area contributed by atoms with Gasteiger partial charge in [-0.05, 0) is 35.7 Å². The van der Waals surface area contributed by atoms with Gasteiger partial charge < -0.3 is 11.1 Å². The van der Waals surface area contributed by atoms with Gasteiger partial charge in [0.2, 0.25) is 0 Å². The van der Waals surface area contributed by atoms with Crippen LogP contribution in [0.5, 0.6) is 0 Å². The van der Waals surface area contributed by atoms with Crippen LogP contribution in [0.4, 0.5) is 19.0 Å². The number of nitrogens with one attached hydrogen (secondary N) is 1. The van der Waals surface area contributed by atoms with E-state index in [1.54, 1.807) is 6.20 Å². The van der Waals surface area contributed by atoms with Crippen molar-refractivity contribution in [2.75, 3.05) is 5.32 Å². The molecule has 1 fully saturated rings. The van der Waals surface area contributed by atoms with Crippen molar-refractivity contribution >= 4 is 18.2 Å². The second-order valence-corrected chi connectivity index (χ2v) is 5.53. The van der Waals surface area contributed by atoms with E-state index in [4.69, 9.17) is 5.73 Å². The van der Waals surface area contributed by atoms with E-state index in [2.05, 4.69) is 10.3 Å². The molecule has 3 N–H and O–H groups in total. The number of hydrogen-bond donors (Lipinski definition) is 2. The number of aromatic nitrogens is 1. The summed E-state index contributed by atoms with van der Waals surface area (Å²) in [4.78, 5) is 4.30. The first-order valence-electron chi connectivity index (χ1n) is 7.05. The number of rotatable bonds is 4. The zero-order valence-electron chi connectivity index (χ0n) is 12.2. The van der Waals surface area contributed by atoms with Crippen LogP contribution in [0.25, 0.3) is 0 Å². The number of halogens is 4. The van der Waals surface area contributed by atoms with Crippen molar-refractivity contribution < 1.29 is 13.2 Å². The average Bonchev–Trinajstić information content (AvgIpc) is 3.22. The fraction of sp³-hybridized carbons (Fsp3) is 0.312. The lowest BCUT2D eigenvalue weighted by Gasteiger charge is -2.09. The van der Waals surface area contributed by atoms with Crippen molar-refractivity contribution in [2.24, 2.45) is 5.73 Å². The second-order valence-electron chi connectivity index (χ2n) is 5.53. The van der Waals surface area contributed by atoms with E-state index in [0.29, 0.717) is 18.3 Å². The summed E-state index contributed by atoms with van der Waals surface area (Å²) in [6.45, 7) is 0.424. The molecule has 0 spiro atoms. The summed E-state index contributed by atoms with van der Waals surface area (Å²) >= 11 is 0. The molecular weight excluding hydrogens is 327 g/mol. The van der Waals surface area contributed by atoms with Gasteiger partial charge in [0.15, 0.2) is 0 Å². The van der Waals surface area contributed by atoms with Crippen molar-refractivity contribution in [3.8, 4) is 0 Å². The first kappa shape index (κ1) is 17.6. The van der Waals surface area contributed by atoms with Gasteiger partial charge in [-0.2, -0.15) is 13.2 Å². The van der Waals surface area contributed by atoms with Crippen LogP contribution in [0, 0.1) is 0 Å². The molecule has 1 saturated carbocycles. The zero-order valence-corrected chi connectivity index (χ0v) is 13.0. The summed E-state index contributed by atoms with van der Waals surface area (Å²) in [7, 11) is 0. The van der Waals surface area contributed by atoms with Crippen LogP contribution in [0.3, 0.4) is 0 Å². The Morgan fingerprint density at radius 2 is 1.78 bits per heavy atom. The Bertz CT molecular complexity index is 641. The summed E-state index contributed by atoms with van der Waals surface area (Å²) in [6.07, 6.45) is -1.50. The Hall–Kier alpha value is -1.79. The third kappa shape index (κ3) is 4.36. The van der Waals surface area contributed by atoms with E-state index in [-0.39, 0.29) is 18.4 Å². The van der Waals surface area contributed by atoms with Crippen molar-refractivity contribution in [2.45, 2.75) is 31.1 Å². The van der Waals surface area contributed by atoms with Crippen LogP contribution < -0.4 is 11.1 Å². The van der Waals surface area contributed by atoms with E-state index in [9.17, 15) is 13.2 Å².